The predicted molar refractivity (Wildman–Crippen MR) is 50.5 cm³/mol. The van der Waals surface area contributed by atoms with Crippen LogP contribution in [0.2, 0.25) is 0 Å². The van der Waals surface area contributed by atoms with Crippen LogP contribution in [-0.4, -0.2) is 0 Å². The molecule has 0 aromatic rings. The molecule has 1 rings (SSSR count). The molecule has 62 valence electrons. The molecule has 0 aromatic heterocycles. The van der Waals surface area contributed by atoms with E-state index < -0.39 is 0 Å². The Morgan fingerprint density at radius 3 is 2.00 bits per heavy atom. The lowest BCUT2D eigenvalue weighted by Crippen LogP contribution is -2.09. The first kappa shape index (κ1) is 8.58. The third kappa shape index (κ3) is 1.40. The molecule has 0 aromatic carbocycles. The summed E-state index contributed by atoms with van der Waals surface area (Å²) in [5.74, 6) is 0.818. The van der Waals surface area contributed by atoms with Gasteiger partial charge in [0, 0.05) is 0 Å². The summed E-state index contributed by atoms with van der Waals surface area (Å²) in [6.45, 7) is 8.98. The third-order valence-corrected chi connectivity index (χ3v) is 2.82. The van der Waals surface area contributed by atoms with Crippen LogP contribution in [0.15, 0.2) is 22.8 Å². The van der Waals surface area contributed by atoms with E-state index in [0.717, 1.165) is 5.92 Å². The topological polar surface area (TPSA) is 0 Å². The van der Waals surface area contributed by atoms with Gasteiger partial charge < -0.3 is 0 Å². The van der Waals surface area contributed by atoms with Crippen LogP contribution in [-0.2, 0) is 0 Å². The van der Waals surface area contributed by atoms with Crippen molar-refractivity contribution in [1.29, 1.82) is 0 Å². The maximum absolute atomic E-state index is 2.34. The van der Waals surface area contributed by atoms with E-state index >= 15 is 0 Å². The molecule has 0 saturated heterocycles. The van der Waals surface area contributed by atoms with Crippen LogP contribution in [0.1, 0.15) is 40.5 Å². The fourth-order valence-electron chi connectivity index (χ4n) is 1.75. The smallest absolute Gasteiger partial charge is 0.0164 e. The van der Waals surface area contributed by atoms with Crippen molar-refractivity contribution in [2.24, 2.45) is 5.92 Å². The van der Waals surface area contributed by atoms with Crippen molar-refractivity contribution in [3.63, 3.8) is 0 Å². The van der Waals surface area contributed by atoms with Crippen molar-refractivity contribution in [3.8, 4) is 0 Å². The molecule has 0 atom stereocenters. The molecule has 1 aliphatic carbocycles. The van der Waals surface area contributed by atoms with E-state index in [9.17, 15) is 0 Å². The van der Waals surface area contributed by atoms with Gasteiger partial charge in [-0.3, -0.25) is 0 Å². The van der Waals surface area contributed by atoms with Gasteiger partial charge in [0.1, 0.15) is 0 Å². The van der Waals surface area contributed by atoms with Gasteiger partial charge in [0.05, 0.1) is 0 Å². The molecular formula is C11H18. The molecule has 0 aliphatic heterocycles. The lowest BCUT2D eigenvalue weighted by Gasteiger charge is -2.25. The number of allylic oxidation sites excluding steroid dienone is 4. The molecule has 0 unspecified atom stereocenters. The molecule has 0 spiro atoms. The van der Waals surface area contributed by atoms with E-state index in [1.165, 1.54) is 18.4 Å². The fourth-order valence-corrected chi connectivity index (χ4v) is 1.75. The zero-order chi connectivity index (χ0) is 8.43. The minimum absolute atomic E-state index is 0.818. The SMILES string of the molecule is CCC(CC)C1=C(C)C(C)=C1. The zero-order valence-electron chi connectivity index (χ0n) is 8.07. The Balaban J connectivity index is 2.63. The molecule has 0 heterocycles. The number of hydrogen-bond acceptors (Lipinski definition) is 0. The zero-order valence-corrected chi connectivity index (χ0v) is 8.07. The molecule has 0 saturated carbocycles. The highest BCUT2D eigenvalue weighted by molar-refractivity contribution is 5.51. The first-order valence-electron chi connectivity index (χ1n) is 4.60. The van der Waals surface area contributed by atoms with Crippen LogP contribution < -0.4 is 0 Å². The van der Waals surface area contributed by atoms with Crippen LogP contribution in [0, 0.1) is 5.92 Å². The molecule has 0 heteroatoms. The van der Waals surface area contributed by atoms with E-state index in [2.05, 4.69) is 33.8 Å². The number of hydrogen-bond donors (Lipinski definition) is 0. The standard InChI is InChI=1S/C11H18/c1-5-10(6-2)11-7-8(3)9(11)4/h7,10H,5-6H2,1-4H3. The van der Waals surface area contributed by atoms with Gasteiger partial charge in [-0.15, -0.1) is 0 Å². The van der Waals surface area contributed by atoms with Gasteiger partial charge in [0.25, 0.3) is 0 Å². The normalized spacial score (nSPS) is 17.0. The van der Waals surface area contributed by atoms with Gasteiger partial charge >= 0.3 is 0 Å². The first-order chi connectivity index (χ1) is 5.20. The van der Waals surface area contributed by atoms with Crippen LogP contribution >= 0.6 is 0 Å². The summed E-state index contributed by atoms with van der Waals surface area (Å²) in [5.41, 5.74) is 4.62. The lowest BCUT2D eigenvalue weighted by atomic mass is 9.80. The Morgan fingerprint density at radius 2 is 1.73 bits per heavy atom. The quantitative estimate of drug-likeness (QED) is 0.575. The van der Waals surface area contributed by atoms with Gasteiger partial charge in [-0.1, -0.05) is 19.9 Å². The monoisotopic (exact) mass is 150 g/mol. The summed E-state index contributed by atoms with van der Waals surface area (Å²) in [5, 5.41) is 0. The van der Waals surface area contributed by atoms with Crippen molar-refractivity contribution in [3.05, 3.63) is 22.8 Å². The Morgan fingerprint density at radius 1 is 1.18 bits per heavy atom. The molecule has 11 heavy (non-hydrogen) atoms. The minimum atomic E-state index is 0.818. The fraction of sp³-hybridized carbons (Fsp3) is 0.636. The second-order valence-electron chi connectivity index (χ2n) is 3.42. The number of rotatable bonds is 3. The molecule has 1 aliphatic rings. The summed E-state index contributed by atoms with van der Waals surface area (Å²) >= 11 is 0. The van der Waals surface area contributed by atoms with E-state index in [-0.39, 0.29) is 0 Å². The Kier molecular flexibility index (Phi) is 2.53. The average molecular weight is 150 g/mol. The van der Waals surface area contributed by atoms with E-state index in [0.29, 0.717) is 0 Å². The van der Waals surface area contributed by atoms with Gasteiger partial charge in [-0.05, 0) is 49.3 Å². The third-order valence-electron chi connectivity index (χ3n) is 2.82. The molecule has 0 N–H and O–H groups in total. The van der Waals surface area contributed by atoms with Gasteiger partial charge in [0.15, 0.2) is 0 Å². The van der Waals surface area contributed by atoms with E-state index in [4.69, 9.17) is 0 Å². The summed E-state index contributed by atoms with van der Waals surface area (Å²) in [6, 6.07) is 0. The van der Waals surface area contributed by atoms with E-state index in [1.54, 1.807) is 11.1 Å². The van der Waals surface area contributed by atoms with Crippen LogP contribution in [0.3, 0.4) is 0 Å². The Bertz CT molecular complexity index is 202. The van der Waals surface area contributed by atoms with Crippen molar-refractivity contribution in [2.75, 3.05) is 0 Å². The molecule has 0 amide bonds. The molecule has 0 nitrogen and oxygen atoms in total. The molecule has 0 fully saturated rings. The summed E-state index contributed by atoms with van der Waals surface area (Å²) in [6.07, 6.45) is 4.91. The highest BCUT2D eigenvalue weighted by Crippen LogP contribution is 2.34. The van der Waals surface area contributed by atoms with Crippen molar-refractivity contribution in [2.45, 2.75) is 40.5 Å². The maximum atomic E-state index is 2.34. The molecule has 0 bridgehead atoms. The van der Waals surface area contributed by atoms with E-state index in [1.807, 2.05) is 0 Å². The first-order valence-corrected chi connectivity index (χ1v) is 4.60. The Labute approximate surface area is 70.0 Å². The Hall–Kier alpha value is -0.520. The van der Waals surface area contributed by atoms with Crippen LogP contribution in [0.25, 0.3) is 0 Å². The van der Waals surface area contributed by atoms with Crippen molar-refractivity contribution < 1.29 is 0 Å². The highest BCUT2D eigenvalue weighted by atomic mass is 14.2. The maximum Gasteiger partial charge on any atom is -0.0164 e. The predicted octanol–water partition coefficient (Wildman–Crippen LogP) is 3.70. The summed E-state index contributed by atoms with van der Waals surface area (Å²) in [4.78, 5) is 0. The van der Waals surface area contributed by atoms with Gasteiger partial charge in [0.2, 0.25) is 0 Å². The second kappa shape index (κ2) is 3.25. The van der Waals surface area contributed by atoms with Gasteiger partial charge in [-0.25, -0.2) is 0 Å². The summed E-state index contributed by atoms with van der Waals surface area (Å²) < 4.78 is 0. The average Bonchev–Trinajstić information content (AvgIpc) is 2.05. The van der Waals surface area contributed by atoms with Gasteiger partial charge in [-0.2, -0.15) is 0 Å². The largest absolute Gasteiger partial charge is 0.0648 e. The van der Waals surface area contributed by atoms with Crippen LogP contribution in [0.5, 0.6) is 0 Å². The minimum Gasteiger partial charge on any atom is -0.0648 e. The lowest BCUT2D eigenvalue weighted by molar-refractivity contribution is 0.573. The molecule has 0 radical (unpaired) electrons. The molecular weight excluding hydrogens is 132 g/mol. The summed E-state index contributed by atoms with van der Waals surface area (Å²) in [7, 11) is 0. The van der Waals surface area contributed by atoms with Crippen LogP contribution in [0.4, 0.5) is 0 Å². The van der Waals surface area contributed by atoms with Crippen molar-refractivity contribution in [1.82, 2.24) is 0 Å². The highest BCUT2D eigenvalue weighted by Gasteiger charge is 2.18. The second-order valence-corrected chi connectivity index (χ2v) is 3.42. The van der Waals surface area contributed by atoms with Crippen molar-refractivity contribution >= 4 is 0 Å².